The molecular weight excluding hydrogens is 334 g/mol. The average Bonchev–Trinajstić information content (AvgIpc) is 2.68. The van der Waals surface area contributed by atoms with Crippen LogP contribution in [0.3, 0.4) is 0 Å². The van der Waals surface area contributed by atoms with Crippen LogP contribution in [0, 0.1) is 0 Å². The maximum atomic E-state index is 12.6. The van der Waals surface area contributed by atoms with Crippen LogP contribution >= 0.6 is 0 Å². The van der Waals surface area contributed by atoms with Gasteiger partial charge in [0.2, 0.25) is 0 Å². The van der Waals surface area contributed by atoms with Gasteiger partial charge in [-0.1, -0.05) is 18.2 Å². The van der Waals surface area contributed by atoms with E-state index in [-0.39, 0.29) is 12.6 Å². The number of aromatic nitrogens is 1. The number of pyridine rings is 1. The monoisotopic (exact) mass is 355 g/mol. The number of anilines is 2. The number of nitrogens with zero attached hydrogens (tertiary/aromatic N) is 4. The highest BCUT2D eigenvalue weighted by atomic mass is 16.4. The predicted molar refractivity (Wildman–Crippen MR) is 98.0 cm³/mol. The van der Waals surface area contributed by atoms with Gasteiger partial charge in [0.1, 0.15) is 6.54 Å². The van der Waals surface area contributed by atoms with Crippen molar-refractivity contribution in [3.8, 4) is 0 Å². The number of hydrazine groups is 1. The zero-order chi connectivity index (χ0) is 18.4. The first-order valence-corrected chi connectivity index (χ1v) is 8.38. The number of rotatable bonds is 5. The lowest BCUT2D eigenvalue weighted by atomic mass is 10.3. The number of carbonyl (C=O) groups excluding carboxylic acids is 1. The normalized spacial score (nSPS) is 14.0. The van der Waals surface area contributed by atoms with Crippen molar-refractivity contribution in [3.05, 3.63) is 54.9 Å². The van der Waals surface area contributed by atoms with Crippen LogP contribution in [-0.2, 0) is 4.79 Å². The third kappa shape index (κ3) is 4.41. The minimum Gasteiger partial charge on any atom is -0.480 e. The molecular formula is C18H21N5O3. The second kappa shape index (κ2) is 8.19. The summed E-state index contributed by atoms with van der Waals surface area (Å²) in [7, 11) is 0. The predicted octanol–water partition coefficient (Wildman–Crippen LogP) is 1.42. The second-order valence-corrected chi connectivity index (χ2v) is 5.91. The summed E-state index contributed by atoms with van der Waals surface area (Å²) in [6.07, 6.45) is 3.50. The van der Waals surface area contributed by atoms with Crippen LogP contribution < -0.4 is 15.3 Å². The van der Waals surface area contributed by atoms with Gasteiger partial charge in [0.25, 0.3) is 0 Å². The molecule has 1 aliphatic rings. The van der Waals surface area contributed by atoms with Crippen LogP contribution in [0.1, 0.15) is 0 Å². The van der Waals surface area contributed by atoms with Gasteiger partial charge in [-0.15, -0.1) is 0 Å². The Bertz CT molecular complexity index is 733. The van der Waals surface area contributed by atoms with Gasteiger partial charge in [-0.25, -0.2) is 10.2 Å². The highest BCUT2D eigenvalue weighted by molar-refractivity contribution is 5.80. The largest absolute Gasteiger partial charge is 0.480 e. The number of nitrogens with one attached hydrogen (secondary N) is 1. The molecule has 1 aromatic heterocycles. The minimum absolute atomic E-state index is 0.301. The molecule has 1 aliphatic heterocycles. The SMILES string of the molecule is O=C(O)CN(NC(=O)N1CCN(c2ccncc2)CC1)c1ccccc1. The number of amides is 2. The number of carboxylic acid groups (broad SMARTS) is 1. The summed E-state index contributed by atoms with van der Waals surface area (Å²) in [5.74, 6) is -1.02. The maximum Gasteiger partial charge on any atom is 0.336 e. The summed E-state index contributed by atoms with van der Waals surface area (Å²) in [6.45, 7) is 2.23. The zero-order valence-corrected chi connectivity index (χ0v) is 14.3. The second-order valence-electron chi connectivity index (χ2n) is 5.91. The van der Waals surface area contributed by atoms with E-state index in [1.807, 2.05) is 18.2 Å². The summed E-state index contributed by atoms with van der Waals surface area (Å²) in [5, 5.41) is 10.5. The van der Waals surface area contributed by atoms with E-state index in [4.69, 9.17) is 5.11 Å². The molecule has 136 valence electrons. The molecule has 1 saturated heterocycles. The topological polar surface area (TPSA) is 89.0 Å². The highest BCUT2D eigenvalue weighted by Crippen LogP contribution is 2.15. The molecule has 0 unspecified atom stereocenters. The molecule has 2 aromatic rings. The Balaban J connectivity index is 1.59. The van der Waals surface area contributed by atoms with Gasteiger partial charge < -0.3 is 14.9 Å². The average molecular weight is 355 g/mol. The van der Waals surface area contributed by atoms with Crippen molar-refractivity contribution in [2.24, 2.45) is 0 Å². The van der Waals surface area contributed by atoms with Crippen LogP contribution in [-0.4, -0.2) is 59.7 Å². The number of urea groups is 1. The van der Waals surface area contributed by atoms with Crippen molar-refractivity contribution in [2.75, 3.05) is 42.6 Å². The van der Waals surface area contributed by atoms with Gasteiger partial charge >= 0.3 is 12.0 Å². The summed E-state index contributed by atoms with van der Waals surface area (Å²) in [4.78, 5) is 31.6. The molecule has 26 heavy (non-hydrogen) atoms. The first kappa shape index (κ1) is 17.5. The van der Waals surface area contributed by atoms with Crippen LogP contribution in [0.25, 0.3) is 0 Å². The Labute approximate surface area is 151 Å². The summed E-state index contributed by atoms with van der Waals surface area (Å²) >= 11 is 0. The molecule has 8 heteroatoms. The first-order chi connectivity index (χ1) is 12.6. The number of aliphatic carboxylic acids is 1. The minimum atomic E-state index is -1.02. The summed E-state index contributed by atoms with van der Waals surface area (Å²) in [5.41, 5.74) is 4.40. The quantitative estimate of drug-likeness (QED) is 0.789. The van der Waals surface area contributed by atoms with E-state index >= 15 is 0 Å². The summed E-state index contributed by atoms with van der Waals surface area (Å²) in [6, 6.07) is 12.5. The standard InChI is InChI=1S/C18H21N5O3/c24-17(25)14-23(16-4-2-1-3-5-16)20-18(26)22-12-10-21(11-13-22)15-6-8-19-9-7-15/h1-9H,10-14H2,(H,20,26)(H,24,25). The molecule has 0 bridgehead atoms. The molecule has 2 amide bonds. The number of carboxylic acids is 1. The Morgan fingerprint density at radius 3 is 2.31 bits per heavy atom. The highest BCUT2D eigenvalue weighted by Gasteiger charge is 2.23. The number of hydrogen-bond donors (Lipinski definition) is 2. The molecule has 1 aromatic carbocycles. The van der Waals surface area contributed by atoms with E-state index in [9.17, 15) is 9.59 Å². The van der Waals surface area contributed by atoms with E-state index < -0.39 is 5.97 Å². The lowest BCUT2D eigenvalue weighted by molar-refractivity contribution is -0.135. The molecule has 0 radical (unpaired) electrons. The van der Waals surface area contributed by atoms with Crippen LogP contribution in [0.2, 0.25) is 0 Å². The molecule has 0 aliphatic carbocycles. The van der Waals surface area contributed by atoms with E-state index in [1.165, 1.54) is 5.01 Å². The number of hydrogen-bond acceptors (Lipinski definition) is 5. The molecule has 2 heterocycles. The summed E-state index contributed by atoms with van der Waals surface area (Å²) < 4.78 is 0. The van der Waals surface area contributed by atoms with Crippen molar-refractivity contribution in [3.63, 3.8) is 0 Å². The van der Waals surface area contributed by atoms with Crippen molar-refractivity contribution in [1.82, 2.24) is 15.3 Å². The lowest BCUT2D eigenvalue weighted by Crippen LogP contribution is -2.56. The van der Waals surface area contributed by atoms with Crippen LogP contribution in [0.5, 0.6) is 0 Å². The number of piperazine rings is 1. The fourth-order valence-electron chi connectivity index (χ4n) is 2.85. The van der Waals surface area contributed by atoms with Gasteiger partial charge in [-0.05, 0) is 24.3 Å². The van der Waals surface area contributed by atoms with E-state index in [2.05, 4.69) is 15.3 Å². The third-order valence-electron chi connectivity index (χ3n) is 4.19. The number of benzene rings is 1. The van der Waals surface area contributed by atoms with Crippen LogP contribution in [0.4, 0.5) is 16.2 Å². The fourth-order valence-corrected chi connectivity index (χ4v) is 2.85. The van der Waals surface area contributed by atoms with E-state index in [0.717, 1.165) is 5.69 Å². The Morgan fingerprint density at radius 1 is 1.04 bits per heavy atom. The molecule has 0 spiro atoms. The van der Waals surface area contributed by atoms with Crippen molar-refractivity contribution >= 4 is 23.4 Å². The Hall–Kier alpha value is -3.29. The van der Waals surface area contributed by atoms with Gasteiger partial charge in [-0.3, -0.25) is 14.8 Å². The third-order valence-corrected chi connectivity index (χ3v) is 4.19. The maximum absolute atomic E-state index is 12.6. The van der Waals surface area contributed by atoms with Crippen molar-refractivity contribution in [1.29, 1.82) is 0 Å². The van der Waals surface area contributed by atoms with E-state index in [0.29, 0.717) is 31.9 Å². The van der Waals surface area contributed by atoms with Gasteiger partial charge in [0, 0.05) is 44.3 Å². The van der Waals surface area contributed by atoms with Gasteiger partial charge in [-0.2, -0.15) is 0 Å². The molecule has 0 atom stereocenters. The number of para-hydroxylation sites is 1. The Morgan fingerprint density at radius 2 is 1.69 bits per heavy atom. The molecule has 0 saturated carbocycles. The van der Waals surface area contributed by atoms with E-state index in [1.54, 1.807) is 41.6 Å². The Kier molecular flexibility index (Phi) is 5.52. The lowest BCUT2D eigenvalue weighted by Gasteiger charge is -2.37. The zero-order valence-electron chi connectivity index (χ0n) is 14.3. The molecule has 3 rings (SSSR count). The first-order valence-electron chi connectivity index (χ1n) is 8.38. The van der Waals surface area contributed by atoms with Gasteiger partial charge in [0.05, 0.1) is 5.69 Å². The van der Waals surface area contributed by atoms with Crippen molar-refractivity contribution in [2.45, 2.75) is 0 Å². The van der Waals surface area contributed by atoms with Crippen LogP contribution in [0.15, 0.2) is 54.9 Å². The van der Waals surface area contributed by atoms with Gasteiger partial charge in [0.15, 0.2) is 0 Å². The smallest absolute Gasteiger partial charge is 0.336 e. The molecule has 8 nitrogen and oxygen atoms in total. The molecule has 1 fully saturated rings. The van der Waals surface area contributed by atoms with Crippen molar-refractivity contribution < 1.29 is 14.7 Å². The number of carbonyl (C=O) groups is 2. The molecule has 2 N–H and O–H groups in total. The fraction of sp³-hybridized carbons (Fsp3) is 0.278.